The first kappa shape index (κ1) is 17.3. The summed E-state index contributed by atoms with van der Waals surface area (Å²) in [6, 6.07) is 4.94. The zero-order chi connectivity index (χ0) is 15.6. The van der Waals surface area contributed by atoms with Gasteiger partial charge in [-0.05, 0) is 58.3 Å². The van der Waals surface area contributed by atoms with Crippen LogP contribution in [-0.2, 0) is 4.65 Å². The van der Waals surface area contributed by atoms with Crippen molar-refractivity contribution in [1.82, 2.24) is 0 Å². The Hall–Kier alpha value is -0.745. The highest BCUT2D eigenvalue weighted by Gasteiger charge is 2.39. The van der Waals surface area contributed by atoms with Gasteiger partial charge in [-0.25, -0.2) is 0 Å². The lowest BCUT2D eigenvalue weighted by molar-refractivity contribution is -0.0982. The minimum atomic E-state index is -1.20. The third-order valence-corrected chi connectivity index (χ3v) is 3.59. The summed E-state index contributed by atoms with van der Waals surface area (Å²) in [5.74, 6) is 0.568. The van der Waals surface area contributed by atoms with Gasteiger partial charge >= 0.3 is 7.12 Å². The van der Waals surface area contributed by atoms with Crippen LogP contribution in [-0.4, -0.2) is 35.1 Å². The van der Waals surface area contributed by atoms with Crippen molar-refractivity contribution in [3.05, 3.63) is 23.2 Å². The molecule has 2 N–H and O–H groups in total. The molecule has 0 heterocycles. The van der Waals surface area contributed by atoms with E-state index in [9.17, 15) is 10.1 Å². The highest BCUT2D eigenvalue weighted by atomic mass is 35.5. The Morgan fingerprint density at radius 3 is 2.30 bits per heavy atom. The largest absolute Gasteiger partial charge is 0.494 e. The molecule has 1 aromatic carbocycles. The molecule has 0 radical (unpaired) electrons. The molecule has 0 fully saturated rings. The number of ether oxygens (including phenoxy) is 1. The van der Waals surface area contributed by atoms with Gasteiger partial charge in [0.15, 0.2) is 0 Å². The maximum Gasteiger partial charge on any atom is 0.491 e. The zero-order valence-corrected chi connectivity index (χ0v) is 13.4. The van der Waals surface area contributed by atoms with Gasteiger partial charge < -0.3 is 19.5 Å². The van der Waals surface area contributed by atoms with E-state index in [0.29, 0.717) is 22.8 Å². The average molecular weight is 301 g/mol. The van der Waals surface area contributed by atoms with Crippen LogP contribution in [0.25, 0.3) is 0 Å². The lowest BCUT2D eigenvalue weighted by atomic mass is 9.76. The van der Waals surface area contributed by atoms with E-state index < -0.39 is 18.3 Å². The van der Waals surface area contributed by atoms with Crippen LogP contribution in [0.4, 0.5) is 0 Å². The van der Waals surface area contributed by atoms with Gasteiger partial charge in [0.2, 0.25) is 0 Å². The van der Waals surface area contributed by atoms with Crippen LogP contribution in [0.15, 0.2) is 18.2 Å². The Morgan fingerprint density at radius 2 is 1.80 bits per heavy atom. The molecule has 0 amide bonds. The quantitative estimate of drug-likeness (QED) is 0.789. The first-order valence-corrected chi connectivity index (χ1v) is 6.96. The molecule has 0 saturated heterocycles. The Balaban J connectivity index is 2.95. The minimum absolute atomic E-state index is 0.453. The molecular formula is C14H22BClO4. The fourth-order valence-electron chi connectivity index (χ4n) is 1.47. The molecule has 0 aromatic heterocycles. The van der Waals surface area contributed by atoms with E-state index in [1.165, 1.54) is 0 Å². The summed E-state index contributed by atoms with van der Waals surface area (Å²) < 4.78 is 10.9. The number of aliphatic hydroxyl groups is 1. The van der Waals surface area contributed by atoms with Crippen LogP contribution in [0.2, 0.25) is 5.02 Å². The van der Waals surface area contributed by atoms with Crippen LogP contribution in [0.1, 0.15) is 34.6 Å². The number of halogens is 1. The van der Waals surface area contributed by atoms with Gasteiger partial charge in [0.25, 0.3) is 0 Å². The molecule has 1 rings (SSSR count). The van der Waals surface area contributed by atoms with Crippen molar-refractivity contribution in [2.45, 2.75) is 45.8 Å². The standard InChI is InChI=1S/C14H22BClO4/c1-6-19-12-8-10(7-11(16)9-12)15(18)20-14(4,5)13(2,3)17/h7-9,17-18H,6H2,1-5H3. The van der Waals surface area contributed by atoms with E-state index in [0.717, 1.165) is 0 Å². The topological polar surface area (TPSA) is 58.9 Å². The Labute approximate surface area is 125 Å². The van der Waals surface area contributed by atoms with E-state index in [4.69, 9.17) is 21.0 Å². The highest BCUT2D eigenvalue weighted by molar-refractivity contribution is 6.60. The van der Waals surface area contributed by atoms with Gasteiger partial charge in [-0.2, -0.15) is 0 Å². The van der Waals surface area contributed by atoms with Crippen LogP contribution in [0.3, 0.4) is 0 Å². The Bertz CT molecular complexity index is 457. The van der Waals surface area contributed by atoms with Crippen molar-refractivity contribution in [2.75, 3.05) is 6.61 Å². The molecule has 0 unspecified atom stereocenters. The molecule has 0 aliphatic carbocycles. The Morgan fingerprint density at radius 1 is 1.20 bits per heavy atom. The lowest BCUT2D eigenvalue weighted by Gasteiger charge is -2.38. The van der Waals surface area contributed by atoms with E-state index >= 15 is 0 Å². The highest BCUT2D eigenvalue weighted by Crippen LogP contribution is 2.26. The van der Waals surface area contributed by atoms with Gasteiger partial charge in [0, 0.05) is 5.02 Å². The zero-order valence-electron chi connectivity index (χ0n) is 12.6. The van der Waals surface area contributed by atoms with Gasteiger partial charge in [0.05, 0.1) is 17.8 Å². The van der Waals surface area contributed by atoms with Crippen LogP contribution < -0.4 is 10.2 Å². The van der Waals surface area contributed by atoms with E-state index in [1.807, 2.05) is 6.92 Å². The molecule has 0 atom stereocenters. The molecule has 0 aliphatic heterocycles. The second-order valence-corrected chi connectivity index (χ2v) is 6.13. The minimum Gasteiger partial charge on any atom is -0.494 e. The first-order valence-electron chi connectivity index (χ1n) is 6.58. The summed E-state index contributed by atoms with van der Waals surface area (Å²) in [6.07, 6.45) is 0. The molecule has 1 aromatic rings. The summed E-state index contributed by atoms with van der Waals surface area (Å²) in [7, 11) is -1.20. The fraction of sp³-hybridized carbons (Fsp3) is 0.571. The van der Waals surface area contributed by atoms with Crippen molar-refractivity contribution in [3.63, 3.8) is 0 Å². The molecule has 4 nitrogen and oxygen atoms in total. The van der Waals surface area contributed by atoms with Crippen molar-refractivity contribution < 1.29 is 19.5 Å². The normalized spacial score (nSPS) is 12.4. The average Bonchev–Trinajstić information content (AvgIpc) is 2.26. The number of hydrogen-bond donors (Lipinski definition) is 2. The summed E-state index contributed by atoms with van der Waals surface area (Å²) in [6.45, 7) is 9.05. The molecule has 0 aliphatic rings. The Kier molecular flexibility index (Phi) is 5.50. The number of benzene rings is 1. The second kappa shape index (κ2) is 6.35. The van der Waals surface area contributed by atoms with E-state index in [2.05, 4.69) is 0 Å². The molecule has 0 bridgehead atoms. The maximum absolute atomic E-state index is 10.2. The predicted molar refractivity (Wildman–Crippen MR) is 81.7 cm³/mol. The third kappa shape index (κ3) is 4.38. The summed E-state index contributed by atoms with van der Waals surface area (Å²) in [5.41, 5.74) is -1.55. The maximum atomic E-state index is 10.2. The van der Waals surface area contributed by atoms with Gasteiger partial charge in [-0.3, -0.25) is 0 Å². The van der Waals surface area contributed by atoms with Crippen molar-refractivity contribution in [2.24, 2.45) is 0 Å². The molecule has 0 spiro atoms. The van der Waals surface area contributed by atoms with E-state index in [1.54, 1.807) is 45.9 Å². The summed E-state index contributed by atoms with van der Waals surface area (Å²) in [5, 5.41) is 20.7. The smallest absolute Gasteiger partial charge is 0.491 e. The third-order valence-electron chi connectivity index (χ3n) is 3.37. The van der Waals surface area contributed by atoms with E-state index in [-0.39, 0.29) is 0 Å². The molecule has 6 heteroatoms. The predicted octanol–water partition coefficient (Wildman–Crippen LogP) is 1.99. The van der Waals surface area contributed by atoms with Gasteiger partial charge in [-0.1, -0.05) is 11.6 Å². The molecular weight excluding hydrogens is 278 g/mol. The lowest BCUT2D eigenvalue weighted by Crippen LogP contribution is -2.53. The molecule has 0 saturated carbocycles. The van der Waals surface area contributed by atoms with Crippen molar-refractivity contribution in [1.29, 1.82) is 0 Å². The molecule has 112 valence electrons. The monoisotopic (exact) mass is 300 g/mol. The van der Waals surface area contributed by atoms with Gasteiger partial charge in [0.1, 0.15) is 5.75 Å². The van der Waals surface area contributed by atoms with Crippen molar-refractivity contribution >= 4 is 24.2 Å². The first-order chi connectivity index (χ1) is 9.06. The molecule has 20 heavy (non-hydrogen) atoms. The number of rotatable bonds is 6. The van der Waals surface area contributed by atoms with Crippen molar-refractivity contribution in [3.8, 4) is 5.75 Å². The van der Waals surface area contributed by atoms with Crippen LogP contribution in [0.5, 0.6) is 5.75 Å². The van der Waals surface area contributed by atoms with Gasteiger partial charge in [-0.15, -0.1) is 0 Å². The number of hydrogen-bond acceptors (Lipinski definition) is 4. The summed E-state index contributed by atoms with van der Waals surface area (Å²) in [4.78, 5) is 0. The van der Waals surface area contributed by atoms with Crippen LogP contribution >= 0.6 is 11.6 Å². The van der Waals surface area contributed by atoms with Crippen LogP contribution in [0, 0.1) is 0 Å². The SMILES string of the molecule is CCOc1cc(Cl)cc(B(O)OC(C)(C)C(C)(C)O)c1. The fourth-order valence-corrected chi connectivity index (χ4v) is 1.70. The summed E-state index contributed by atoms with van der Waals surface area (Å²) >= 11 is 5.99. The second-order valence-electron chi connectivity index (χ2n) is 5.69.